The minimum absolute atomic E-state index is 0.138. The van der Waals surface area contributed by atoms with Crippen LogP contribution in [0.15, 0.2) is 48.7 Å². The second-order valence-corrected chi connectivity index (χ2v) is 11.8. The second kappa shape index (κ2) is 15.0. The number of anilines is 5. The molecule has 3 heterocycles. The summed E-state index contributed by atoms with van der Waals surface area (Å²) < 4.78 is 30.2. The fourth-order valence-corrected chi connectivity index (χ4v) is 6.11. The lowest BCUT2D eigenvalue weighted by molar-refractivity contribution is 0.0747. The van der Waals surface area contributed by atoms with E-state index in [1.165, 1.54) is 6.20 Å². The summed E-state index contributed by atoms with van der Waals surface area (Å²) in [5.74, 6) is 1.39. The molecule has 0 spiro atoms. The van der Waals surface area contributed by atoms with Gasteiger partial charge in [0.15, 0.2) is 5.82 Å². The van der Waals surface area contributed by atoms with Gasteiger partial charge in [-0.25, -0.2) is 18.1 Å². The molecule has 2 saturated heterocycles. The van der Waals surface area contributed by atoms with Crippen molar-refractivity contribution in [1.29, 1.82) is 0 Å². The summed E-state index contributed by atoms with van der Waals surface area (Å²) in [6.07, 6.45) is 3.74. The van der Waals surface area contributed by atoms with Gasteiger partial charge in [-0.05, 0) is 36.6 Å². The van der Waals surface area contributed by atoms with Crippen molar-refractivity contribution >= 4 is 51.3 Å². The molecule has 0 saturated carbocycles. The van der Waals surface area contributed by atoms with Crippen molar-refractivity contribution in [2.45, 2.75) is 25.4 Å². The second-order valence-electron chi connectivity index (χ2n) is 10.6. The lowest BCUT2D eigenvalue weighted by Gasteiger charge is -2.43. The number of hydrogen-bond acceptors (Lipinski definition) is 11. The molecule has 232 valence electrons. The van der Waals surface area contributed by atoms with Gasteiger partial charge >= 0.3 is 0 Å². The number of nitrogens with zero attached hydrogens (tertiary/aromatic N) is 5. The fraction of sp³-hybridized carbons (Fsp3) is 0.448. The van der Waals surface area contributed by atoms with E-state index in [-0.39, 0.29) is 13.2 Å². The van der Waals surface area contributed by atoms with E-state index in [4.69, 9.17) is 16.3 Å². The number of methoxy groups -OCH3 is 1. The molecular weight excluding hydrogens is 592 g/mol. The summed E-state index contributed by atoms with van der Waals surface area (Å²) in [5.41, 5.74) is 3.25. The zero-order valence-corrected chi connectivity index (χ0v) is 25.9. The van der Waals surface area contributed by atoms with E-state index in [1.54, 1.807) is 7.11 Å². The van der Waals surface area contributed by atoms with Crippen molar-refractivity contribution in [3.63, 3.8) is 0 Å². The number of aliphatic hydroxyl groups is 1. The number of ether oxygens (including phenoxy) is 1. The van der Waals surface area contributed by atoms with E-state index in [2.05, 4.69) is 46.1 Å². The molecule has 12 nitrogen and oxygen atoms in total. The first-order chi connectivity index (χ1) is 20.9. The molecule has 1 aromatic heterocycles. The zero-order chi connectivity index (χ0) is 30.2. The maximum Gasteiger partial charge on any atom is 0.229 e. The average molecular weight is 631 g/mol. The number of β-amino-alcohol motifs (C(OH)–C–C–N with tert-alkyl or cyclic N) is 1. The van der Waals surface area contributed by atoms with Gasteiger partial charge in [-0.3, -0.25) is 9.80 Å². The molecule has 2 aromatic carbocycles. The normalized spacial score (nSPS) is 16.9. The first-order valence-corrected chi connectivity index (χ1v) is 16.0. The third-order valence-corrected chi connectivity index (χ3v) is 8.71. The summed E-state index contributed by atoms with van der Waals surface area (Å²) in [4.78, 5) is 16.3. The highest BCUT2D eigenvalue weighted by Gasteiger charge is 2.27. The number of piperazine rings is 1. The smallest absolute Gasteiger partial charge is 0.229 e. The van der Waals surface area contributed by atoms with Gasteiger partial charge in [0.25, 0.3) is 0 Å². The van der Waals surface area contributed by atoms with E-state index in [1.807, 2.05) is 36.4 Å². The number of rotatable bonds is 12. The first-order valence-electron chi connectivity index (χ1n) is 14.5. The number of aromatic nitrogens is 2. The van der Waals surface area contributed by atoms with Crippen LogP contribution in [0.25, 0.3) is 0 Å². The van der Waals surface area contributed by atoms with Crippen LogP contribution in [0.2, 0.25) is 5.02 Å². The molecular formula is C29H39ClN8O4S. The number of piperidine rings is 1. The van der Waals surface area contributed by atoms with Crippen LogP contribution < -0.4 is 25.0 Å². The van der Waals surface area contributed by atoms with Gasteiger partial charge in [-0.2, -0.15) is 4.98 Å². The predicted molar refractivity (Wildman–Crippen MR) is 171 cm³/mol. The van der Waals surface area contributed by atoms with Crippen LogP contribution in [-0.4, -0.2) is 98.9 Å². The Morgan fingerprint density at radius 1 is 1.02 bits per heavy atom. The topological polar surface area (TPSA) is 135 Å². The summed E-state index contributed by atoms with van der Waals surface area (Å²) in [6, 6.07) is 14.0. The highest BCUT2D eigenvalue weighted by atomic mass is 35.5. The first kappa shape index (κ1) is 31.2. The molecule has 43 heavy (non-hydrogen) atoms. The summed E-state index contributed by atoms with van der Waals surface area (Å²) in [5, 5.41) is 16.0. The average Bonchev–Trinajstić information content (AvgIpc) is 3.03. The van der Waals surface area contributed by atoms with Crippen molar-refractivity contribution in [3.05, 3.63) is 59.2 Å². The molecule has 0 radical (unpaired) electrons. The fourth-order valence-electron chi connectivity index (χ4n) is 5.67. The lowest BCUT2D eigenvalue weighted by Crippen LogP contribution is -2.53. The number of thiol groups is 1. The van der Waals surface area contributed by atoms with Gasteiger partial charge < -0.3 is 25.4 Å². The maximum absolute atomic E-state index is 11.0. The van der Waals surface area contributed by atoms with E-state index in [0.29, 0.717) is 34.3 Å². The van der Waals surface area contributed by atoms with Gasteiger partial charge in [0.1, 0.15) is 10.8 Å². The molecule has 3 aromatic rings. The molecule has 5 rings (SSSR count). The van der Waals surface area contributed by atoms with Gasteiger partial charge in [-0.15, -0.1) is 0 Å². The molecule has 0 unspecified atom stereocenters. The Morgan fingerprint density at radius 2 is 1.79 bits per heavy atom. The maximum atomic E-state index is 11.0. The van der Waals surface area contributed by atoms with Crippen LogP contribution in [0.1, 0.15) is 18.4 Å². The minimum atomic E-state index is -2.72. The van der Waals surface area contributed by atoms with Gasteiger partial charge in [0, 0.05) is 75.8 Å². The number of nitrogens with one attached hydrogen (secondary N) is 3. The Balaban J connectivity index is 1.22. The highest BCUT2D eigenvalue weighted by molar-refractivity contribution is 7.70. The number of hydrogen-bond donors (Lipinski definition) is 5. The van der Waals surface area contributed by atoms with Crippen molar-refractivity contribution in [1.82, 2.24) is 24.5 Å². The quantitative estimate of drug-likeness (QED) is 0.189. The van der Waals surface area contributed by atoms with Crippen LogP contribution in [0.3, 0.4) is 0 Å². The van der Waals surface area contributed by atoms with Crippen molar-refractivity contribution in [2.75, 3.05) is 75.1 Å². The number of benzene rings is 2. The molecule has 0 bridgehead atoms. The van der Waals surface area contributed by atoms with Crippen molar-refractivity contribution in [3.8, 4) is 5.75 Å². The van der Waals surface area contributed by atoms with Crippen molar-refractivity contribution < 1.29 is 18.3 Å². The van der Waals surface area contributed by atoms with Crippen LogP contribution in [0.5, 0.6) is 5.75 Å². The lowest BCUT2D eigenvalue weighted by atomic mass is 10.0. The molecule has 2 fully saturated rings. The van der Waals surface area contributed by atoms with Crippen LogP contribution >= 0.6 is 11.6 Å². The van der Waals surface area contributed by atoms with Gasteiger partial charge in [0.05, 0.1) is 25.6 Å². The van der Waals surface area contributed by atoms with Crippen LogP contribution in [-0.2, 0) is 17.4 Å². The SMILES string of the molecule is COc1cc(N2CCC(N3CCN(CCO)CC3)CC2)ccc1Nc1ncc(Cl)c(Nc2ccccc2CN[SH](=O)=O)n1. The Labute approximate surface area is 259 Å². The summed E-state index contributed by atoms with van der Waals surface area (Å²) >= 11 is 6.40. The summed E-state index contributed by atoms with van der Waals surface area (Å²) in [6.45, 7) is 7.28. The van der Waals surface area contributed by atoms with Gasteiger partial charge in [-0.1, -0.05) is 29.8 Å². The number of aliphatic hydroxyl groups excluding tert-OH is 1. The molecule has 4 N–H and O–H groups in total. The van der Waals surface area contributed by atoms with E-state index in [9.17, 15) is 13.5 Å². The molecule has 14 heteroatoms. The van der Waals surface area contributed by atoms with Crippen molar-refractivity contribution in [2.24, 2.45) is 0 Å². The predicted octanol–water partition coefficient (Wildman–Crippen LogP) is 2.82. The highest BCUT2D eigenvalue weighted by Crippen LogP contribution is 2.34. The molecule has 0 aliphatic carbocycles. The standard InChI is InChI=1S/C29H39ClN8O4S/c1-42-27-18-23(37-10-8-22(9-11-37)38-14-12-36(13-15-38)16-17-39)6-7-26(27)34-29-31-20-24(30)28(35-29)33-25-5-3-2-4-21(25)19-32-43(40)41/h2-7,18,20,22,39,43H,8-17,19H2,1H3,(H,32,40,41)(H2,31,33,34,35). The largest absolute Gasteiger partial charge is 0.494 e. The molecule has 0 amide bonds. The molecule has 2 aliphatic rings. The molecule has 0 atom stereocenters. The Morgan fingerprint density at radius 3 is 2.51 bits per heavy atom. The minimum Gasteiger partial charge on any atom is -0.494 e. The summed E-state index contributed by atoms with van der Waals surface area (Å²) in [7, 11) is -1.08. The Kier molecular flexibility index (Phi) is 10.9. The van der Waals surface area contributed by atoms with E-state index >= 15 is 0 Å². The third-order valence-electron chi connectivity index (χ3n) is 8.01. The third kappa shape index (κ3) is 8.25. The number of para-hydroxylation sites is 1. The number of halogens is 1. The Hall–Kier alpha value is -3.20. The van der Waals surface area contributed by atoms with Crippen LogP contribution in [0.4, 0.5) is 28.8 Å². The van der Waals surface area contributed by atoms with E-state index < -0.39 is 10.9 Å². The zero-order valence-electron chi connectivity index (χ0n) is 24.2. The molecule has 2 aliphatic heterocycles. The van der Waals surface area contributed by atoms with E-state index in [0.717, 1.165) is 75.6 Å². The van der Waals surface area contributed by atoms with Crippen LogP contribution in [0, 0.1) is 0 Å². The Bertz CT molecular complexity index is 1440. The monoisotopic (exact) mass is 630 g/mol. The van der Waals surface area contributed by atoms with Gasteiger partial charge in [0.2, 0.25) is 16.8 Å².